The van der Waals surface area contributed by atoms with Crippen LogP contribution in [0.25, 0.3) is 0 Å². The van der Waals surface area contributed by atoms with Crippen molar-refractivity contribution in [1.82, 2.24) is 4.90 Å². The Morgan fingerprint density at radius 1 is 1.57 bits per heavy atom. The highest BCUT2D eigenvalue weighted by Crippen LogP contribution is 2.19. The molecule has 0 amide bonds. The standard InChI is InChI=1S/C10H19NO3/c1-2-3-9-6-11(7-9)4-5-14-8-10(12)13/h9H,2-8H2,1H3,(H,12,13). The molecule has 0 aromatic rings. The fourth-order valence-corrected chi connectivity index (χ4v) is 1.80. The van der Waals surface area contributed by atoms with E-state index in [1.54, 1.807) is 0 Å². The third kappa shape index (κ3) is 4.07. The summed E-state index contributed by atoms with van der Waals surface area (Å²) in [7, 11) is 0. The molecule has 1 aliphatic heterocycles. The van der Waals surface area contributed by atoms with Gasteiger partial charge in [0.1, 0.15) is 6.61 Å². The Labute approximate surface area is 84.8 Å². The van der Waals surface area contributed by atoms with Crippen LogP contribution in [0, 0.1) is 5.92 Å². The van der Waals surface area contributed by atoms with Crippen LogP contribution >= 0.6 is 0 Å². The van der Waals surface area contributed by atoms with E-state index in [2.05, 4.69) is 11.8 Å². The molecule has 0 saturated carbocycles. The van der Waals surface area contributed by atoms with Crippen molar-refractivity contribution in [3.8, 4) is 0 Å². The first-order valence-electron chi connectivity index (χ1n) is 5.24. The molecule has 0 aliphatic carbocycles. The fourth-order valence-electron chi connectivity index (χ4n) is 1.80. The van der Waals surface area contributed by atoms with Crippen molar-refractivity contribution >= 4 is 5.97 Å². The predicted molar refractivity (Wildman–Crippen MR) is 53.3 cm³/mol. The first kappa shape index (κ1) is 11.5. The highest BCUT2D eigenvalue weighted by Gasteiger charge is 2.24. The lowest BCUT2D eigenvalue weighted by Crippen LogP contribution is -2.47. The van der Waals surface area contributed by atoms with Crippen molar-refractivity contribution in [2.24, 2.45) is 5.92 Å². The van der Waals surface area contributed by atoms with E-state index in [9.17, 15) is 4.79 Å². The minimum absolute atomic E-state index is 0.174. The van der Waals surface area contributed by atoms with Gasteiger partial charge in [-0.25, -0.2) is 4.79 Å². The van der Waals surface area contributed by atoms with Gasteiger partial charge in [0.15, 0.2) is 0 Å². The number of carboxylic acids is 1. The average molecular weight is 201 g/mol. The molecule has 0 bridgehead atoms. The lowest BCUT2D eigenvalue weighted by atomic mass is 9.95. The van der Waals surface area contributed by atoms with Gasteiger partial charge in [-0.2, -0.15) is 0 Å². The van der Waals surface area contributed by atoms with Gasteiger partial charge in [0.2, 0.25) is 0 Å². The minimum Gasteiger partial charge on any atom is -0.480 e. The van der Waals surface area contributed by atoms with Crippen molar-refractivity contribution in [3.05, 3.63) is 0 Å². The molecular weight excluding hydrogens is 182 g/mol. The van der Waals surface area contributed by atoms with Crippen LogP contribution in [-0.2, 0) is 9.53 Å². The molecule has 1 fully saturated rings. The maximum Gasteiger partial charge on any atom is 0.329 e. The molecule has 4 nitrogen and oxygen atoms in total. The number of aliphatic carboxylic acids is 1. The second kappa shape index (κ2) is 5.98. The Hall–Kier alpha value is -0.610. The van der Waals surface area contributed by atoms with Crippen molar-refractivity contribution in [1.29, 1.82) is 0 Å². The molecule has 1 aliphatic rings. The second-order valence-electron chi connectivity index (χ2n) is 3.86. The molecule has 0 radical (unpaired) electrons. The van der Waals surface area contributed by atoms with Gasteiger partial charge in [-0.1, -0.05) is 13.3 Å². The van der Waals surface area contributed by atoms with E-state index in [-0.39, 0.29) is 6.61 Å². The van der Waals surface area contributed by atoms with Gasteiger partial charge in [0.25, 0.3) is 0 Å². The zero-order valence-electron chi connectivity index (χ0n) is 8.74. The number of hydrogen-bond donors (Lipinski definition) is 1. The second-order valence-corrected chi connectivity index (χ2v) is 3.86. The summed E-state index contributed by atoms with van der Waals surface area (Å²) in [4.78, 5) is 12.4. The molecule has 4 heteroatoms. The van der Waals surface area contributed by atoms with Crippen LogP contribution in [0.5, 0.6) is 0 Å². The number of likely N-dealkylation sites (tertiary alicyclic amines) is 1. The average Bonchev–Trinajstić information content (AvgIpc) is 2.06. The van der Waals surface area contributed by atoms with Crippen molar-refractivity contribution < 1.29 is 14.6 Å². The monoisotopic (exact) mass is 201 g/mol. The van der Waals surface area contributed by atoms with Gasteiger partial charge in [0, 0.05) is 19.6 Å². The summed E-state index contributed by atoms with van der Waals surface area (Å²) in [5.41, 5.74) is 0. The maximum atomic E-state index is 10.1. The summed E-state index contributed by atoms with van der Waals surface area (Å²) in [6.45, 7) is 5.75. The summed E-state index contributed by atoms with van der Waals surface area (Å²) >= 11 is 0. The first-order valence-corrected chi connectivity index (χ1v) is 5.24. The van der Waals surface area contributed by atoms with Gasteiger partial charge >= 0.3 is 5.97 Å². The Kier molecular flexibility index (Phi) is 4.90. The zero-order valence-corrected chi connectivity index (χ0v) is 8.74. The minimum atomic E-state index is -0.891. The van der Waals surface area contributed by atoms with Crippen LogP contribution in [0.15, 0.2) is 0 Å². The van der Waals surface area contributed by atoms with E-state index in [1.807, 2.05) is 0 Å². The number of hydrogen-bond acceptors (Lipinski definition) is 3. The smallest absolute Gasteiger partial charge is 0.329 e. The molecule has 1 saturated heterocycles. The molecule has 0 atom stereocenters. The first-order chi connectivity index (χ1) is 6.72. The molecule has 1 rings (SSSR count). The highest BCUT2D eigenvalue weighted by molar-refractivity contribution is 5.67. The van der Waals surface area contributed by atoms with E-state index >= 15 is 0 Å². The molecule has 1 N–H and O–H groups in total. The number of carboxylic acid groups (broad SMARTS) is 1. The topological polar surface area (TPSA) is 49.8 Å². The molecule has 82 valence electrons. The van der Waals surface area contributed by atoms with Crippen LogP contribution in [0.2, 0.25) is 0 Å². The highest BCUT2D eigenvalue weighted by atomic mass is 16.5. The van der Waals surface area contributed by atoms with Gasteiger partial charge < -0.3 is 14.7 Å². The summed E-state index contributed by atoms with van der Waals surface area (Å²) in [6.07, 6.45) is 2.57. The van der Waals surface area contributed by atoms with E-state index in [1.165, 1.54) is 12.8 Å². The van der Waals surface area contributed by atoms with Gasteiger partial charge in [0.05, 0.1) is 6.61 Å². The van der Waals surface area contributed by atoms with Gasteiger partial charge in [-0.3, -0.25) is 0 Å². The number of ether oxygens (including phenoxy) is 1. The van der Waals surface area contributed by atoms with Crippen LogP contribution in [0.1, 0.15) is 19.8 Å². The Morgan fingerprint density at radius 3 is 2.86 bits per heavy atom. The van der Waals surface area contributed by atoms with Crippen LogP contribution < -0.4 is 0 Å². The zero-order chi connectivity index (χ0) is 10.4. The third-order valence-corrected chi connectivity index (χ3v) is 2.51. The van der Waals surface area contributed by atoms with Crippen LogP contribution in [0.3, 0.4) is 0 Å². The summed E-state index contributed by atoms with van der Waals surface area (Å²) < 4.78 is 4.96. The largest absolute Gasteiger partial charge is 0.480 e. The Bertz CT molecular complexity index is 178. The molecule has 1 heterocycles. The van der Waals surface area contributed by atoms with Gasteiger partial charge in [-0.05, 0) is 12.3 Å². The predicted octanol–water partition coefficient (Wildman–Crippen LogP) is 0.820. The third-order valence-electron chi connectivity index (χ3n) is 2.51. The van der Waals surface area contributed by atoms with E-state index in [0.29, 0.717) is 6.61 Å². The molecule has 0 unspecified atom stereocenters. The maximum absolute atomic E-state index is 10.1. The summed E-state index contributed by atoms with van der Waals surface area (Å²) in [5, 5.41) is 8.32. The SMILES string of the molecule is CCCC1CN(CCOCC(=O)O)C1. The summed E-state index contributed by atoms with van der Waals surface area (Å²) in [6, 6.07) is 0. The fraction of sp³-hybridized carbons (Fsp3) is 0.900. The van der Waals surface area contributed by atoms with Crippen molar-refractivity contribution in [2.75, 3.05) is 32.8 Å². The normalized spacial score (nSPS) is 18.1. The van der Waals surface area contributed by atoms with Crippen molar-refractivity contribution in [2.45, 2.75) is 19.8 Å². The Balaban J connectivity index is 1.88. The van der Waals surface area contributed by atoms with E-state index in [0.717, 1.165) is 25.6 Å². The molecule has 0 spiro atoms. The van der Waals surface area contributed by atoms with Gasteiger partial charge in [-0.15, -0.1) is 0 Å². The number of rotatable bonds is 7. The molecule has 0 aromatic carbocycles. The summed E-state index contributed by atoms with van der Waals surface area (Å²) in [5.74, 6) is -0.0306. The molecular formula is C10H19NO3. The lowest BCUT2D eigenvalue weighted by Gasteiger charge is -2.39. The molecule has 0 aromatic heterocycles. The van der Waals surface area contributed by atoms with Crippen LogP contribution in [0.4, 0.5) is 0 Å². The molecule has 14 heavy (non-hydrogen) atoms. The van der Waals surface area contributed by atoms with Crippen LogP contribution in [-0.4, -0.2) is 48.8 Å². The Morgan fingerprint density at radius 2 is 2.29 bits per heavy atom. The van der Waals surface area contributed by atoms with Crippen molar-refractivity contribution in [3.63, 3.8) is 0 Å². The van der Waals surface area contributed by atoms with E-state index < -0.39 is 5.97 Å². The quantitative estimate of drug-likeness (QED) is 0.619. The lowest BCUT2D eigenvalue weighted by molar-refractivity contribution is -0.142. The number of nitrogens with zero attached hydrogens (tertiary/aromatic N) is 1. The van der Waals surface area contributed by atoms with E-state index in [4.69, 9.17) is 9.84 Å². The number of carbonyl (C=O) groups is 1.